The first-order valence-electron chi connectivity index (χ1n) is 10.6. The number of hydrogen-bond acceptors (Lipinski definition) is 8. The maximum atomic E-state index is 12.8. The Balaban J connectivity index is 5.31. The SMILES string of the molecule is CC(C)C(NC(=O)C(CCC(=O)O)NC(=O)C(N)CCCN=C(N)N)C(=O)NC(CS)C(=O)O. The van der Waals surface area contributed by atoms with E-state index < -0.39 is 66.2 Å². The lowest BCUT2D eigenvalue weighted by molar-refractivity contribution is -0.142. The van der Waals surface area contributed by atoms with E-state index in [4.69, 9.17) is 27.4 Å². The number of aliphatic carboxylic acids is 2. The maximum Gasteiger partial charge on any atom is 0.327 e. The zero-order chi connectivity index (χ0) is 26.4. The number of hydrogen-bond donors (Lipinski definition) is 9. The molecule has 4 unspecified atom stereocenters. The second-order valence-electron chi connectivity index (χ2n) is 7.86. The summed E-state index contributed by atoms with van der Waals surface area (Å²) in [6.45, 7) is 3.50. The Morgan fingerprint density at radius 3 is 1.97 bits per heavy atom. The van der Waals surface area contributed by atoms with Crippen LogP contribution in [0.1, 0.15) is 39.5 Å². The monoisotopic (exact) mass is 505 g/mol. The van der Waals surface area contributed by atoms with Gasteiger partial charge < -0.3 is 43.4 Å². The summed E-state index contributed by atoms with van der Waals surface area (Å²) in [5, 5.41) is 25.2. The van der Waals surface area contributed by atoms with Gasteiger partial charge in [0.1, 0.15) is 18.1 Å². The fourth-order valence-electron chi connectivity index (χ4n) is 2.70. The highest BCUT2D eigenvalue weighted by Gasteiger charge is 2.31. The second-order valence-corrected chi connectivity index (χ2v) is 8.23. The van der Waals surface area contributed by atoms with Crippen LogP contribution in [-0.2, 0) is 24.0 Å². The van der Waals surface area contributed by atoms with E-state index in [1.165, 1.54) is 0 Å². The highest BCUT2D eigenvalue weighted by molar-refractivity contribution is 7.80. The van der Waals surface area contributed by atoms with Gasteiger partial charge in [0.2, 0.25) is 17.7 Å². The molecule has 15 heteroatoms. The molecule has 11 N–H and O–H groups in total. The molecule has 0 bridgehead atoms. The zero-order valence-corrected chi connectivity index (χ0v) is 20.1. The van der Waals surface area contributed by atoms with Crippen LogP contribution >= 0.6 is 12.6 Å². The van der Waals surface area contributed by atoms with Gasteiger partial charge in [-0.15, -0.1) is 0 Å². The Hall–Kier alpha value is -3.07. The van der Waals surface area contributed by atoms with Gasteiger partial charge in [-0.2, -0.15) is 12.6 Å². The minimum absolute atomic E-state index is 0.101. The number of carboxylic acids is 2. The van der Waals surface area contributed by atoms with E-state index in [9.17, 15) is 24.0 Å². The molecule has 0 heterocycles. The number of nitrogens with two attached hydrogens (primary N) is 3. The van der Waals surface area contributed by atoms with Gasteiger partial charge in [-0.05, 0) is 25.2 Å². The summed E-state index contributed by atoms with van der Waals surface area (Å²) in [6.07, 6.45) is -0.0942. The quantitative estimate of drug-likeness (QED) is 0.0456. The van der Waals surface area contributed by atoms with Crippen molar-refractivity contribution in [1.82, 2.24) is 16.0 Å². The van der Waals surface area contributed by atoms with Crippen molar-refractivity contribution in [2.75, 3.05) is 12.3 Å². The van der Waals surface area contributed by atoms with Gasteiger partial charge in [0.25, 0.3) is 0 Å². The van der Waals surface area contributed by atoms with Crippen molar-refractivity contribution in [1.29, 1.82) is 0 Å². The number of nitrogens with zero attached hydrogens (tertiary/aromatic N) is 1. The minimum atomic E-state index is -1.29. The lowest BCUT2D eigenvalue weighted by Gasteiger charge is -2.26. The molecular weight excluding hydrogens is 470 g/mol. The molecule has 34 heavy (non-hydrogen) atoms. The number of guanidine groups is 1. The number of carbonyl (C=O) groups excluding carboxylic acids is 3. The number of aliphatic imine (C=N–C) groups is 1. The normalized spacial score (nSPS) is 14.3. The van der Waals surface area contributed by atoms with Crippen LogP contribution in [0.5, 0.6) is 0 Å². The number of thiol groups is 1. The third-order valence-corrected chi connectivity index (χ3v) is 4.99. The molecule has 0 aliphatic rings. The summed E-state index contributed by atoms with van der Waals surface area (Å²) >= 11 is 3.88. The third kappa shape index (κ3) is 12.2. The van der Waals surface area contributed by atoms with Crippen LogP contribution in [0.4, 0.5) is 0 Å². The smallest absolute Gasteiger partial charge is 0.327 e. The molecule has 0 aromatic heterocycles. The third-order valence-electron chi connectivity index (χ3n) is 4.63. The Kier molecular flexibility index (Phi) is 14.3. The van der Waals surface area contributed by atoms with E-state index >= 15 is 0 Å². The standard InChI is InChI=1S/C19H35N7O7S/c1-9(2)14(17(31)25-12(8-34)18(32)33)26-16(30)11(5-6-13(27)28)24-15(29)10(20)4-3-7-23-19(21)22/h9-12,14,34H,3-8,20H2,1-2H3,(H,24,29)(H,25,31)(H,26,30)(H,27,28)(H,32,33)(H4,21,22,23). The van der Waals surface area contributed by atoms with Crippen molar-refractivity contribution in [2.45, 2.75) is 63.7 Å². The topological polar surface area (TPSA) is 252 Å². The number of rotatable bonds is 16. The molecule has 0 saturated carbocycles. The van der Waals surface area contributed by atoms with Crippen LogP contribution in [-0.4, -0.2) is 82.3 Å². The van der Waals surface area contributed by atoms with Crippen LogP contribution in [0.2, 0.25) is 0 Å². The van der Waals surface area contributed by atoms with E-state index in [1.807, 2.05) is 0 Å². The van der Waals surface area contributed by atoms with Crippen LogP contribution < -0.4 is 33.2 Å². The van der Waals surface area contributed by atoms with Gasteiger partial charge in [-0.3, -0.25) is 24.2 Å². The zero-order valence-electron chi connectivity index (χ0n) is 19.2. The molecule has 4 atom stereocenters. The molecule has 0 aromatic carbocycles. The summed E-state index contributed by atoms with van der Waals surface area (Å²) in [6, 6.07) is -4.72. The van der Waals surface area contributed by atoms with Crippen molar-refractivity contribution in [3.05, 3.63) is 0 Å². The Bertz CT molecular complexity index is 759. The molecule has 0 radical (unpaired) electrons. The fraction of sp³-hybridized carbons (Fsp3) is 0.684. The summed E-state index contributed by atoms with van der Waals surface area (Å²) in [4.78, 5) is 63.8. The van der Waals surface area contributed by atoms with E-state index in [2.05, 4.69) is 33.6 Å². The minimum Gasteiger partial charge on any atom is -0.481 e. The van der Waals surface area contributed by atoms with E-state index in [0.717, 1.165) is 0 Å². The number of amides is 3. The average Bonchev–Trinajstić information content (AvgIpc) is 2.74. The summed E-state index contributed by atoms with van der Waals surface area (Å²) in [5.74, 6) is -5.47. The predicted octanol–water partition coefficient (Wildman–Crippen LogP) is -2.64. The van der Waals surface area contributed by atoms with Crippen LogP contribution in [0, 0.1) is 5.92 Å². The lowest BCUT2D eigenvalue weighted by Crippen LogP contribution is -2.58. The summed E-state index contributed by atoms with van der Waals surface area (Å²) in [5.41, 5.74) is 16.3. The Morgan fingerprint density at radius 2 is 1.50 bits per heavy atom. The average molecular weight is 506 g/mol. The van der Waals surface area contributed by atoms with Crippen molar-refractivity contribution in [3.8, 4) is 0 Å². The number of carbonyl (C=O) groups is 5. The highest BCUT2D eigenvalue weighted by atomic mass is 32.1. The molecule has 0 rings (SSSR count). The van der Waals surface area contributed by atoms with Gasteiger partial charge in [-0.25, -0.2) is 4.79 Å². The predicted molar refractivity (Wildman–Crippen MR) is 127 cm³/mol. The molecule has 0 aromatic rings. The van der Waals surface area contributed by atoms with Crippen LogP contribution in [0.15, 0.2) is 4.99 Å². The molecule has 0 aliphatic heterocycles. The Labute approximate surface area is 202 Å². The first kappa shape index (κ1) is 30.9. The molecule has 0 saturated heterocycles. The van der Waals surface area contributed by atoms with Gasteiger partial charge in [0, 0.05) is 18.7 Å². The fourth-order valence-corrected chi connectivity index (χ4v) is 2.95. The highest BCUT2D eigenvalue weighted by Crippen LogP contribution is 2.07. The molecule has 0 aliphatic carbocycles. The molecule has 0 fully saturated rings. The summed E-state index contributed by atoms with van der Waals surface area (Å²) in [7, 11) is 0. The first-order valence-corrected chi connectivity index (χ1v) is 11.2. The van der Waals surface area contributed by atoms with Crippen molar-refractivity contribution >= 4 is 48.2 Å². The largest absolute Gasteiger partial charge is 0.481 e. The van der Waals surface area contributed by atoms with Crippen LogP contribution in [0.3, 0.4) is 0 Å². The lowest BCUT2D eigenvalue weighted by atomic mass is 10.0. The van der Waals surface area contributed by atoms with E-state index in [1.54, 1.807) is 13.8 Å². The number of nitrogens with one attached hydrogen (secondary N) is 3. The molecule has 194 valence electrons. The summed E-state index contributed by atoms with van der Waals surface area (Å²) < 4.78 is 0. The Morgan fingerprint density at radius 1 is 0.912 bits per heavy atom. The maximum absolute atomic E-state index is 12.8. The molecular formula is C19H35N7O7S. The van der Waals surface area contributed by atoms with E-state index in [-0.39, 0.29) is 31.1 Å². The van der Waals surface area contributed by atoms with Gasteiger partial charge in [0.05, 0.1) is 6.04 Å². The van der Waals surface area contributed by atoms with Gasteiger partial charge in [-0.1, -0.05) is 13.8 Å². The van der Waals surface area contributed by atoms with Crippen molar-refractivity contribution in [3.63, 3.8) is 0 Å². The van der Waals surface area contributed by atoms with Gasteiger partial charge in [0.15, 0.2) is 5.96 Å². The molecule has 3 amide bonds. The van der Waals surface area contributed by atoms with Gasteiger partial charge >= 0.3 is 11.9 Å². The van der Waals surface area contributed by atoms with Crippen molar-refractivity contribution < 1.29 is 34.2 Å². The van der Waals surface area contributed by atoms with Crippen molar-refractivity contribution in [2.24, 2.45) is 28.1 Å². The van der Waals surface area contributed by atoms with E-state index in [0.29, 0.717) is 6.42 Å². The second kappa shape index (κ2) is 15.7. The molecule has 14 nitrogen and oxygen atoms in total. The molecule has 0 spiro atoms. The number of carboxylic acid groups (broad SMARTS) is 2. The first-order chi connectivity index (χ1) is 15.8. The van der Waals surface area contributed by atoms with Crippen LogP contribution in [0.25, 0.3) is 0 Å².